The van der Waals surface area contributed by atoms with Gasteiger partial charge in [-0.2, -0.15) is 0 Å². The highest BCUT2D eigenvalue weighted by molar-refractivity contribution is 7.91. The minimum Gasteiger partial charge on any atom is -0.445 e. The van der Waals surface area contributed by atoms with Crippen molar-refractivity contribution >= 4 is 39.5 Å². The van der Waals surface area contributed by atoms with Crippen molar-refractivity contribution in [3.8, 4) is 0 Å². The van der Waals surface area contributed by atoms with E-state index in [4.69, 9.17) is 21.1 Å². The number of halogens is 1. The number of sulfone groups is 1. The molecule has 1 heterocycles. The number of carbonyl (C=O) groups excluding carboxylic acids is 3. The zero-order chi connectivity index (χ0) is 30.5. The third kappa shape index (κ3) is 8.61. The van der Waals surface area contributed by atoms with Gasteiger partial charge in [0.2, 0.25) is 5.91 Å². The highest BCUT2D eigenvalue weighted by atomic mass is 35.5. The SMILES string of the molecule is CC(C)(C)OC(=O)N[C@@H]1CC[C@H](N2CCC(NC(=O)OCc3ccccc3)C2=O)[C@H](CS(=O)(=O)c2ccc(Cl)cc2)C1. The molecule has 0 spiro atoms. The molecule has 1 aliphatic heterocycles. The Morgan fingerprint density at radius 3 is 2.33 bits per heavy atom. The van der Waals surface area contributed by atoms with Gasteiger partial charge in [0.05, 0.1) is 10.6 Å². The van der Waals surface area contributed by atoms with E-state index in [9.17, 15) is 22.8 Å². The van der Waals surface area contributed by atoms with Gasteiger partial charge in [0.25, 0.3) is 0 Å². The standard InChI is InChI=1S/C30H38ClN3O7S/c1-30(2,3)41-29(37)32-23-11-14-26(21(17-23)19-42(38,39)24-12-9-22(31)10-13-24)34-16-15-25(27(34)35)33-28(36)40-18-20-7-5-4-6-8-20/h4-10,12-13,21,23,25-26H,11,14-19H2,1-3H3,(H,32,37)(H,33,36)/t21-,23+,25?,26-/m0/s1. The normalized spacial score (nSPS) is 22.9. The van der Waals surface area contributed by atoms with E-state index in [-0.39, 0.29) is 35.2 Å². The lowest BCUT2D eigenvalue weighted by atomic mass is 9.81. The van der Waals surface area contributed by atoms with Crippen LogP contribution in [0.2, 0.25) is 5.02 Å². The molecule has 0 bridgehead atoms. The average molecular weight is 620 g/mol. The van der Waals surface area contributed by atoms with E-state index in [1.807, 2.05) is 30.3 Å². The number of nitrogens with zero attached hydrogens (tertiary/aromatic N) is 1. The van der Waals surface area contributed by atoms with Crippen molar-refractivity contribution in [3.05, 3.63) is 65.2 Å². The summed E-state index contributed by atoms with van der Waals surface area (Å²) in [7, 11) is -3.73. The Morgan fingerprint density at radius 1 is 0.976 bits per heavy atom. The highest BCUT2D eigenvalue weighted by Gasteiger charge is 2.44. The van der Waals surface area contributed by atoms with Gasteiger partial charge in [0.15, 0.2) is 9.84 Å². The maximum atomic E-state index is 13.5. The Balaban J connectivity index is 1.45. The summed E-state index contributed by atoms with van der Waals surface area (Å²) in [5, 5.41) is 5.96. The lowest BCUT2D eigenvalue weighted by Crippen LogP contribution is -2.53. The fourth-order valence-corrected chi connectivity index (χ4v) is 7.33. The zero-order valence-corrected chi connectivity index (χ0v) is 25.6. The Kier molecular flexibility index (Phi) is 10.0. The molecule has 4 atom stereocenters. The fourth-order valence-electron chi connectivity index (χ4n) is 5.53. The molecule has 1 unspecified atom stereocenters. The zero-order valence-electron chi connectivity index (χ0n) is 24.0. The molecule has 0 radical (unpaired) electrons. The van der Waals surface area contributed by atoms with Crippen LogP contribution < -0.4 is 10.6 Å². The number of benzene rings is 2. The van der Waals surface area contributed by atoms with Crippen molar-refractivity contribution in [2.45, 2.75) is 81.7 Å². The number of alkyl carbamates (subject to hydrolysis) is 2. The molecule has 1 aliphatic carbocycles. The molecule has 3 amide bonds. The van der Waals surface area contributed by atoms with Gasteiger partial charge in [-0.1, -0.05) is 41.9 Å². The lowest BCUT2D eigenvalue weighted by molar-refractivity contribution is -0.133. The molecule has 0 aromatic heterocycles. The molecule has 1 saturated heterocycles. The van der Waals surface area contributed by atoms with Crippen LogP contribution >= 0.6 is 11.6 Å². The summed E-state index contributed by atoms with van der Waals surface area (Å²) in [4.78, 5) is 40.2. The first-order valence-corrected chi connectivity index (χ1v) is 16.1. The molecule has 12 heteroatoms. The van der Waals surface area contributed by atoms with Crippen molar-refractivity contribution in [2.75, 3.05) is 12.3 Å². The molecule has 2 fully saturated rings. The number of rotatable bonds is 8. The van der Waals surface area contributed by atoms with Crippen molar-refractivity contribution in [1.29, 1.82) is 0 Å². The maximum absolute atomic E-state index is 13.5. The molecule has 2 aromatic rings. The van der Waals surface area contributed by atoms with Crippen LogP contribution in [0, 0.1) is 5.92 Å². The number of amides is 3. The predicted molar refractivity (Wildman–Crippen MR) is 158 cm³/mol. The Labute approximate surface area is 252 Å². The number of ether oxygens (including phenoxy) is 2. The molecular formula is C30H38ClN3O7S. The van der Waals surface area contributed by atoms with Crippen LogP contribution in [0.3, 0.4) is 0 Å². The van der Waals surface area contributed by atoms with Crippen LogP contribution in [0.4, 0.5) is 9.59 Å². The molecule has 42 heavy (non-hydrogen) atoms. The van der Waals surface area contributed by atoms with Crippen LogP contribution in [0.15, 0.2) is 59.5 Å². The number of carbonyl (C=O) groups is 3. The van der Waals surface area contributed by atoms with Crippen LogP contribution in [0.25, 0.3) is 0 Å². The lowest BCUT2D eigenvalue weighted by Gasteiger charge is -2.41. The van der Waals surface area contributed by atoms with Gasteiger partial charge < -0.3 is 25.0 Å². The van der Waals surface area contributed by atoms with E-state index in [1.165, 1.54) is 24.3 Å². The maximum Gasteiger partial charge on any atom is 0.408 e. The van der Waals surface area contributed by atoms with E-state index >= 15 is 0 Å². The van der Waals surface area contributed by atoms with Gasteiger partial charge in [-0.05, 0) is 82.2 Å². The highest BCUT2D eigenvalue weighted by Crippen LogP contribution is 2.34. The number of likely N-dealkylation sites (tertiary alicyclic amines) is 1. The predicted octanol–water partition coefficient (Wildman–Crippen LogP) is 4.70. The van der Waals surface area contributed by atoms with Gasteiger partial charge in [0.1, 0.15) is 18.2 Å². The van der Waals surface area contributed by atoms with Gasteiger partial charge >= 0.3 is 12.2 Å². The van der Waals surface area contributed by atoms with Crippen LogP contribution in [-0.2, 0) is 30.7 Å². The number of hydrogen-bond acceptors (Lipinski definition) is 7. The molecule has 10 nitrogen and oxygen atoms in total. The Bertz CT molecular complexity index is 1360. The minimum absolute atomic E-state index is 0.0800. The van der Waals surface area contributed by atoms with Crippen LogP contribution in [0.1, 0.15) is 52.0 Å². The van der Waals surface area contributed by atoms with Gasteiger partial charge in [0, 0.05) is 23.7 Å². The van der Waals surface area contributed by atoms with Gasteiger partial charge in [-0.3, -0.25) is 4.79 Å². The number of hydrogen-bond donors (Lipinski definition) is 2. The summed E-state index contributed by atoms with van der Waals surface area (Å²) >= 11 is 5.96. The summed E-state index contributed by atoms with van der Waals surface area (Å²) in [5.74, 6) is -0.955. The van der Waals surface area contributed by atoms with E-state index in [0.717, 1.165) is 5.56 Å². The molecule has 4 rings (SSSR count). The first-order valence-electron chi connectivity index (χ1n) is 14.1. The van der Waals surface area contributed by atoms with Crippen molar-refractivity contribution < 1.29 is 32.3 Å². The van der Waals surface area contributed by atoms with Crippen molar-refractivity contribution in [2.24, 2.45) is 5.92 Å². The smallest absolute Gasteiger partial charge is 0.408 e. The third-order valence-corrected chi connectivity index (χ3v) is 9.52. The molecule has 2 aromatic carbocycles. The third-order valence-electron chi connectivity index (χ3n) is 7.41. The first-order chi connectivity index (χ1) is 19.8. The number of nitrogens with one attached hydrogen (secondary N) is 2. The largest absolute Gasteiger partial charge is 0.445 e. The van der Waals surface area contributed by atoms with Gasteiger partial charge in [-0.15, -0.1) is 0 Å². The fraction of sp³-hybridized carbons (Fsp3) is 0.500. The summed E-state index contributed by atoms with van der Waals surface area (Å²) < 4.78 is 37.6. The average Bonchev–Trinajstić information content (AvgIpc) is 3.26. The first kappa shape index (κ1) is 31.6. The Hall–Kier alpha value is -3.31. The van der Waals surface area contributed by atoms with Gasteiger partial charge in [-0.25, -0.2) is 18.0 Å². The second kappa shape index (κ2) is 13.3. The molecule has 228 valence electrons. The molecule has 1 saturated carbocycles. The summed E-state index contributed by atoms with van der Waals surface area (Å²) in [5.41, 5.74) is 0.152. The molecule has 2 N–H and O–H groups in total. The van der Waals surface area contributed by atoms with E-state index < -0.39 is 39.6 Å². The summed E-state index contributed by atoms with van der Waals surface area (Å²) in [6.45, 7) is 5.76. The second-order valence-corrected chi connectivity index (χ2v) is 14.3. The van der Waals surface area contributed by atoms with Crippen LogP contribution in [-0.4, -0.2) is 67.4 Å². The summed E-state index contributed by atoms with van der Waals surface area (Å²) in [6, 6.07) is 13.7. The molecular weight excluding hydrogens is 582 g/mol. The quantitative estimate of drug-likeness (QED) is 0.438. The topological polar surface area (TPSA) is 131 Å². The van der Waals surface area contributed by atoms with Crippen molar-refractivity contribution in [1.82, 2.24) is 15.5 Å². The monoisotopic (exact) mass is 619 g/mol. The Morgan fingerprint density at radius 2 is 1.67 bits per heavy atom. The van der Waals surface area contributed by atoms with Crippen molar-refractivity contribution in [3.63, 3.8) is 0 Å². The molecule has 2 aliphatic rings. The van der Waals surface area contributed by atoms with E-state index in [0.29, 0.717) is 37.3 Å². The van der Waals surface area contributed by atoms with E-state index in [1.54, 1.807) is 25.7 Å². The second-order valence-electron chi connectivity index (χ2n) is 11.8. The van der Waals surface area contributed by atoms with Crippen LogP contribution in [0.5, 0.6) is 0 Å². The summed E-state index contributed by atoms with van der Waals surface area (Å²) in [6.07, 6.45) is 0.497. The minimum atomic E-state index is -3.73. The van der Waals surface area contributed by atoms with E-state index in [2.05, 4.69) is 10.6 Å².